The van der Waals surface area contributed by atoms with E-state index >= 15 is 0 Å². The lowest BCUT2D eigenvalue weighted by atomic mass is 10.1. The topological polar surface area (TPSA) is 8.81 Å². The van der Waals surface area contributed by atoms with Crippen LogP contribution in [0.1, 0.15) is 18.1 Å². The van der Waals surface area contributed by atoms with Gasteiger partial charge in [0, 0.05) is 42.2 Å². The second kappa shape index (κ2) is 6.90. The SMILES string of the molecule is CCc1ccc[n+](CCc2cn(C)c3ccccc23)c1.[Br-]. The first kappa shape index (κ1) is 15.8. The third kappa shape index (κ3) is 3.35. The number of para-hydroxylation sites is 1. The summed E-state index contributed by atoms with van der Waals surface area (Å²) >= 11 is 0. The summed E-state index contributed by atoms with van der Waals surface area (Å²) in [5.74, 6) is 0. The molecular weight excluding hydrogens is 324 g/mol. The van der Waals surface area contributed by atoms with Crippen molar-refractivity contribution in [3.63, 3.8) is 0 Å². The zero-order valence-corrected chi connectivity index (χ0v) is 14.2. The van der Waals surface area contributed by atoms with Crippen LogP contribution in [0.25, 0.3) is 10.9 Å². The molecule has 2 heterocycles. The molecule has 3 aromatic rings. The first-order chi connectivity index (χ1) is 9.78. The maximum absolute atomic E-state index is 2.29. The second-order valence-electron chi connectivity index (χ2n) is 5.34. The molecule has 0 aliphatic heterocycles. The number of benzene rings is 1. The molecule has 0 N–H and O–H groups in total. The summed E-state index contributed by atoms with van der Waals surface area (Å²) in [6.07, 6.45) is 8.83. The fraction of sp³-hybridized carbons (Fsp3) is 0.278. The van der Waals surface area contributed by atoms with Crippen LogP contribution in [0.2, 0.25) is 0 Å². The van der Waals surface area contributed by atoms with Crippen LogP contribution in [-0.2, 0) is 26.4 Å². The van der Waals surface area contributed by atoms with E-state index in [1.54, 1.807) is 0 Å². The Morgan fingerprint density at radius 2 is 1.90 bits per heavy atom. The maximum Gasteiger partial charge on any atom is 0.171 e. The molecule has 2 aromatic heterocycles. The lowest BCUT2D eigenvalue weighted by Crippen LogP contribution is -3.00. The highest BCUT2D eigenvalue weighted by molar-refractivity contribution is 5.83. The quantitative estimate of drug-likeness (QED) is 0.601. The van der Waals surface area contributed by atoms with Crippen LogP contribution in [0.3, 0.4) is 0 Å². The van der Waals surface area contributed by atoms with E-state index in [2.05, 4.69) is 78.1 Å². The van der Waals surface area contributed by atoms with Gasteiger partial charge in [0.05, 0.1) is 0 Å². The highest BCUT2D eigenvalue weighted by atomic mass is 79.9. The number of rotatable bonds is 4. The van der Waals surface area contributed by atoms with Crippen molar-refractivity contribution in [1.29, 1.82) is 0 Å². The Morgan fingerprint density at radius 3 is 2.71 bits per heavy atom. The number of pyridine rings is 1. The van der Waals surface area contributed by atoms with Gasteiger partial charge in [-0.3, -0.25) is 0 Å². The first-order valence-electron chi connectivity index (χ1n) is 7.29. The van der Waals surface area contributed by atoms with Gasteiger partial charge in [0.1, 0.15) is 0 Å². The summed E-state index contributed by atoms with van der Waals surface area (Å²) in [5, 5.41) is 1.38. The zero-order valence-electron chi connectivity index (χ0n) is 12.6. The first-order valence-corrected chi connectivity index (χ1v) is 7.29. The molecule has 0 unspecified atom stereocenters. The summed E-state index contributed by atoms with van der Waals surface area (Å²) in [6, 6.07) is 13.0. The van der Waals surface area contributed by atoms with Gasteiger partial charge in [0.15, 0.2) is 18.9 Å². The molecule has 0 spiro atoms. The number of aromatic nitrogens is 2. The second-order valence-corrected chi connectivity index (χ2v) is 5.34. The van der Waals surface area contributed by atoms with Gasteiger partial charge in [0.2, 0.25) is 0 Å². The summed E-state index contributed by atoms with van der Waals surface area (Å²) in [7, 11) is 2.12. The van der Waals surface area contributed by atoms with Crippen LogP contribution in [0, 0.1) is 0 Å². The summed E-state index contributed by atoms with van der Waals surface area (Å²) < 4.78 is 4.51. The van der Waals surface area contributed by atoms with Crippen LogP contribution in [0.5, 0.6) is 0 Å². The standard InChI is InChI=1S/C18H21N2.BrH/c1-3-15-7-6-11-20(13-15)12-10-16-14-19(2)18-9-5-4-8-17(16)18;/h4-9,11,13-14H,3,10,12H2,1-2H3;1H/q+1;/p-1. The summed E-state index contributed by atoms with van der Waals surface area (Å²) in [6.45, 7) is 3.23. The maximum atomic E-state index is 2.29. The van der Waals surface area contributed by atoms with Crippen molar-refractivity contribution in [1.82, 2.24) is 4.57 Å². The molecule has 0 atom stereocenters. The largest absolute Gasteiger partial charge is 1.00 e. The van der Waals surface area contributed by atoms with Gasteiger partial charge in [0.25, 0.3) is 0 Å². The Kier molecular flexibility index (Phi) is 5.18. The average Bonchev–Trinajstić information content (AvgIpc) is 2.82. The highest BCUT2D eigenvalue weighted by Gasteiger charge is 2.08. The van der Waals surface area contributed by atoms with E-state index in [1.807, 2.05) is 0 Å². The van der Waals surface area contributed by atoms with Crippen molar-refractivity contribution in [3.8, 4) is 0 Å². The summed E-state index contributed by atoms with van der Waals surface area (Å²) in [4.78, 5) is 0. The molecule has 0 radical (unpaired) electrons. The van der Waals surface area contributed by atoms with Gasteiger partial charge in [-0.05, 0) is 24.1 Å². The summed E-state index contributed by atoms with van der Waals surface area (Å²) in [5.41, 5.74) is 4.14. The van der Waals surface area contributed by atoms with E-state index in [1.165, 1.54) is 22.0 Å². The Labute approximate surface area is 136 Å². The lowest BCUT2D eigenvalue weighted by molar-refractivity contribution is -0.696. The van der Waals surface area contributed by atoms with Gasteiger partial charge in [-0.1, -0.05) is 25.1 Å². The molecule has 0 fully saturated rings. The molecule has 0 amide bonds. The molecule has 0 aliphatic rings. The van der Waals surface area contributed by atoms with Crippen molar-refractivity contribution in [2.45, 2.75) is 26.3 Å². The number of aryl methyl sites for hydroxylation is 4. The van der Waals surface area contributed by atoms with Crippen LogP contribution >= 0.6 is 0 Å². The van der Waals surface area contributed by atoms with Gasteiger partial charge in [-0.15, -0.1) is 0 Å². The predicted molar refractivity (Wildman–Crippen MR) is 82.6 cm³/mol. The van der Waals surface area contributed by atoms with Gasteiger partial charge in [-0.25, -0.2) is 4.57 Å². The molecule has 0 bridgehead atoms. The van der Waals surface area contributed by atoms with Crippen LogP contribution in [0.15, 0.2) is 55.0 Å². The molecule has 21 heavy (non-hydrogen) atoms. The van der Waals surface area contributed by atoms with E-state index in [0.717, 1.165) is 19.4 Å². The molecule has 110 valence electrons. The Morgan fingerprint density at radius 1 is 1.10 bits per heavy atom. The van der Waals surface area contributed by atoms with Gasteiger partial charge in [-0.2, -0.15) is 0 Å². The van der Waals surface area contributed by atoms with Crippen LogP contribution in [-0.4, -0.2) is 4.57 Å². The number of fused-ring (bicyclic) bond motifs is 1. The van der Waals surface area contributed by atoms with E-state index in [0.29, 0.717) is 0 Å². The third-order valence-electron chi connectivity index (χ3n) is 3.95. The van der Waals surface area contributed by atoms with E-state index in [4.69, 9.17) is 0 Å². The molecule has 3 heteroatoms. The van der Waals surface area contributed by atoms with Gasteiger partial charge >= 0.3 is 0 Å². The van der Waals surface area contributed by atoms with Crippen molar-refractivity contribution in [2.24, 2.45) is 7.05 Å². The predicted octanol–water partition coefficient (Wildman–Crippen LogP) is 0.275. The molecule has 0 saturated heterocycles. The minimum absolute atomic E-state index is 0. The van der Waals surface area contributed by atoms with Crippen molar-refractivity contribution < 1.29 is 21.5 Å². The number of hydrogen-bond acceptors (Lipinski definition) is 0. The Hall–Kier alpha value is -1.61. The highest BCUT2D eigenvalue weighted by Crippen LogP contribution is 2.20. The zero-order chi connectivity index (χ0) is 13.9. The van der Waals surface area contributed by atoms with Crippen molar-refractivity contribution in [3.05, 3.63) is 66.1 Å². The number of halogens is 1. The van der Waals surface area contributed by atoms with E-state index < -0.39 is 0 Å². The fourth-order valence-electron chi connectivity index (χ4n) is 2.80. The monoisotopic (exact) mass is 344 g/mol. The smallest absolute Gasteiger partial charge is 0.171 e. The van der Waals surface area contributed by atoms with Crippen LogP contribution < -0.4 is 21.5 Å². The van der Waals surface area contributed by atoms with E-state index in [9.17, 15) is 0 Å². The van der Waals surface area contributed by atoms with Crippen LogP contribution in [0.4, 0.5) is 0 Å². The molecule has 2 nitrogen and oxygen atoms in total. The van der Waals surface area contributed by atoms with E-state index in [-0.39, 0.29) is 17.0 Å². The van der Waals surface area contributed by atoms with Gasteiger partial charge < -0.3 is 21.5 Å². The number of nitrogens with zero attached hydrogens (tertiary/aromatic N) is 2. The minimum Gasteiger partial charge on any atom is -1.00 e. The van der Waals surface area contributed by atoms with Crippen molar-refractivity contribution >= 4 is 10.9 Å². The molecule has 1 aromatic carbocycles. The lowest BCUT2D eigenvalue weighted by Gasteiger charge is -1.99. The molecule has 3 rings (SSSR count). The Bertz CT molecular complexity index is 731. The fourth-order valence-corrected chi connectivity index (χ4v) is 2.80. The third-order valence-corrected chi connectivity index (χ3v) is 3.95. The minimum atomic E-state index is 0. The normalized spacial score (nSPS) is 10.6. The molecule has 0 aliphatic carbocycles. The molecule has 0 saturated carbocycles. The number of hydrogen-bond donors (Lipinski definition) is 0. The van der Waals surface area contributed by atoms with Crippen molar-refractivity contribution in [2.75, 3.05) is 0 Å². The Balaban J connectivity index is 0.00000161. The average molecular weight is 345 g/mol. The molecular formula is C18H21BrN2.